The lowest BCUT2D eigenvalue weighted by Gasteiger charge is -2.31. The predicted octanol–water partition coefficient (Wildman–Crippen LogP) is 3.88. The minimum atomic E-state index is -0.134. The van der Waals surface area contributed by atoms with Gasteiger partial charge in [-0.15, -0.1) is 35.7 Å². The molecule has 4 atom stereocenters. The van der Waals surface area contributed by atoms with E-state index >= 15 is 0 Å². The standard InChI is InChI=1S/H8P7S/c1-5(2)7(8)6(3)4/h1-4H2/q-1. The number of hydrogen-bond donors (Lipinski definition) is 0. The first-order chi connectivity index (χ1) is 3.55. The first-order valence-electron chi connectivity index (χ1n) is 1.62. The molecule has 0 fully saturated rings. The Kier molecular flexibility index (Phi) is 8.44. The smallest absolute Gasteiger partial charge is 0.0634 e. The van der Waals surface area contributed by atoms with Crippen LogP contribution < -0.4 is 0 Å². The molecule has 50 valence electrons. The highest BCUT2D eigenvalue weighted by molar-refractivity contribution is 9.10. The van der Waals surface area contributed by atoms with Gasteiger partial charge in [-0.2, -0.15) is 6.50 Å². The quantitative estimate of drug-likeness (QED) is 0.534. The molecule has 0 nitrogen and oxygen atoms in total. The lowest BCUT2D eigenvalue weighted by Crippen LogP contribution is -1.37. The predicted molar refractivity (Wildman–Crippen MR) is 67.0 cm³/mol. The molecule has 0 aliphatic carbocycles. The van der Waals surface area contributed by atoms with Crippen molar-refractivity contribution in [3.63, 3.8) is 0 Å². The molecule has 0 amide bonds. The topological polar surface area (TPSA) is 0 Å². The molecule has 0 aliphatic rings. The van der Waals surface area contributed by atoms with Crippen molar-refractivity contribution in [1.82, 2.24) is 0 Å². The average molecular weight is 257 g/mol. The van der Waals surface area contributed by atoms with Gasteiger partial charge in [-0.3, -0.25) is 0 Å². The summed E-state index contributed by atoms with van der Waals surface area (Å²) in [7, 11) is 11.1. The fourth-order valence-electron chi connectivity index (χ4n) is 0.119. The molecular formula is H8P7S-. The zero-order chi connectivity index (χ0) is 6.73. The lowest BCUT2D eigenvalue weighted by atomic mass is 28.9. The molecule has 0 heterocycles. The van der Waals surface area contributed by atoms with Crippen molar-refractivity contribution in [2.24, 2.45) is 0 Å². The lowest BCUT2D eigenvalue weighted by molar-refractivity contribution is 4.81. The Labute approximate surface area is 68.5 Å². The van der Waals surface area contributed by atoms with Gasteiger partial charge in [0, 0.05) is 0 Å². The molecule has 0 radical (unpaired) electrons. The van der Waals surface area contributed by atoms with Crippen LogP contribution in [0.1, 0.15) is 0 Å². The van der Waals surface area contributed by atoms with Gasteiger partial charge in [0.25, 0.3) is 0 Å². The van der Waals surface area contributed by atoms with E-state index in [2.05, 4.69) is 35.7 Å². The van der Waals surface area contributed by atoms with Crippen LogP contribution in [0.25, 0.3) is 0 Å². The second-order valence-corrected chi connectivity index (χ2v) is 27.3. The van der Waals surface area contributed by atoms with E-state index in [-0.39, 0.29) is 20.5 Å². The van der Waals surface area contributed by atoms with Crippen LogP contribution in [0, 0.1) is 0 Å². The van der Waals surface area contributed by atoms with Gasteiger partial charge in [-0.25, -0.2) is 0 Å². The van der Waals surface area contributed by atoms with Crippen LogP contribution in [-0.2, 0) is 12.2 Å². The second-order valence-electron chi connectivity index (χ2n) is 1.01. The van der Waals surface area contributed by atoms with Crippen LogP contribution in [0.2, 0.25) is 0 Å². The summed E-state index contributed by atoms with van der Waals surface area (Å²) in [4.78, 5) is 0. The minimum Gasteiger partial charge on any atom is -0.748 e. The van der Waals surface area contributed by atoms with Crippen molar-refractivity contribution >= 4 is 68.4 Å². The van der Waals surface area contributed by atoms with Crippen molar-refractivity contribution in [2.75, 3.05) is 0 Å². The summed E-state index contributed by atoms with van der Waals surface area (Å²) >= 11 is 5.22. The van der Waals surface area contributed by atoms with E-state index in [9.17, 15) is 0 Å². The molecule has 0 N–H and O–H groups in total. The summed E-state index contributed by atoms with van der Waals surface area (Å²) in [6.45, 7) is -0.136. The third-order valence-electron chi connectivity index (χ3n) is 0.395. The molecule has 4 unspecified atom stereocenters. The summed E-state index contributed by atoms with van der Waals surface area (Å²) in [5.41, 5.74) is 0. The highest BCUT2D eigenvalue weighted by atomic mass is 33.3. The minimum absolute atomic E-state index is 0.00103. The van der Waals surface area contributed by atoms with E-state index in [1.165, 1.54) is 0 Å². The fraction of sp³-hybridized carbons (Fsp3) is 0. The molecule has 0 rings (SSSR count). The average Bonchev–Trinajstić information content (AvgIpc) is 1.64. The summed E-state index contributed by atoms with van der Waals surface area (Å²) < 4.78 is 0. The van der Waals surface area contributed by atoms with Crippen molar-refractivity contribution in [2.45, 2.75) is 0 Å². The summed E-state index contributed by atoms with van der Waals surface area (Å²) in [5, 5.41) is 0. The van der Waals surface area contributed by atoms with Gasteiger partial charge in [0.05, 0.1) is 0 Å². The molecule has 0 aromatic rings. The van der Waals surface area contributed by atoms with E-state index in [1.807, 2.05) is 0 Å². The zero-order valence-corrected chi connectivity index (χ0v) is 12.2. The maximum absolute atomic E-state index is 5.22. The van der Waals surface area contributed by atoms with Crippen LogP contribution in [0.15, 0.2) is 0 Å². The first-order valence-corrected chi connectivity index (χ1v) is 14.5. The Hall–Kier alpha value is 3.36. The Balaban J connectivity index is 3.46. The molecule has 0 saturated carbocycles. The van der Waals surface area contributed by atoms with Crippen LogP contribution in [0.5, 0.6) is 0 Å². The highest BCUT2D eigenvalue weighted by Crippen LogP contribution is 2.96. The molecule has 0 spiro atoms. The Bertz CT molecular complexity index is 49.4. The molecular weight excluding hydrogens is 249 g/mol. The molecule has 0 aromatic heterocycles. The molecule has 0 saturated heterocycles. The first kappa shape index (κ1) is 11.4. The SMILES string of the molecule is PP(P)P([S-])P(P)P. The Morgan fingerprint density at radius 3 is 1.12 bits per heavy atom. The van der Waals surface area contributed by atoms with Crippen molar-refractivity contribution in [3.05, 3.63) is 0 Å². The van der Waals surface area contributed by atoms with Gasteiger partial charge < -0.3 is 12.2 Å². The van der Waals surface area contributed by atoms with Crippen LogP contribution in [0.3, 0.4) is 0 Å². The maximum Gasteiger partial charge on any atom is -0.0634 e. The normalized spacial score (nSPS) is 12.0. The van der Waals surface area contributed by atoms with Gasteiger partial charge in [-0.1, -0.05) is 14.0 Å². The second kappa shape index (κ2) is 5.94. The Morgan fingerprint density at radius 1 is 0.875 bits per heavy atom. The van der Waals surface area contributed by atoms with Crippen molar-refractivity contribution < 1.29 is 0 Å². The van der Waals surface area contributed by atoms with Crippen molar-refractivity contribution in [3.8, 4) is 0 Å². The zero-order valence-electron chi connectivity index (χ0n) is 4.06. The van der Waals surface area contributed by atoms with Gasteiger partial charge in [0.2, 0.25) is 0 Å². The largest absolute Gasteiger partial charge is 0.748 e. The monoisotopic (exact) mass is 257 g/mol. The fourth-order valence-corrected chi connectivity index (χ4v) is 29.0. The number of hydrogen-bond acceptors (Lipinski definition) is 1. The van der Waals surface area contributed by atoms with Gasteiger partial charge >= 0.3 is 0 Å². The molecule has 0 aliphatic heterocycles. The van der Waals surface area contributed by atoms with E-state index in [4.69, 9.17) is 12.2 Å². The van der Waals surface area contributed by atoms with E-state index < -0.39 is 0 Å². The van der Waals surface area contributed by atoms with Gasteiger partial charge in [0.15, 0.2) is 0 Å². The van der Waals surface area contributed by atoms with Crippen LogP contribution >= 0.6 is 56.2 Å². The molecule has 8 heavy (non-hydrogen) atoms. The Morgan fingerprint density at radius 2 is 1.12 bits per heavy atom. The van der Waals surface area contributed by atoms with Crippen LogP contribution in [0.4, 0.5) is 0 Å². The third kappa shape index (κ3) is 5.07. The molecule has 0 aromatic carbocycles. The van der Waals surface area contributed by atoms with Gasteiger partial charge in [-0.05, 0) is 0 Å². The van der Waals surface area contributed by atoms with E-state index in [1.54, 1.807) is 0 Å². The maximum atomic E-state index is 5.22. The van der Waals surface area contributed by atoms with Crippen LogP contribution in [-0.4, -0.2) is 0 Å². The summed E-state index contributed by atoms with van der Waals surface area (Å²) in [6.07, 6.45) is 0. The summed E-state index contributed by atoms with van der Waals surface area (Å²) in [6, 6.07) is 0. The van der Waals surface area contributed by atoms with E-state index in [0.717, 1.165) is 0 Å². The third-order valence-corrected chi connectivity index (χ3v) is 32.0. The number of rotatable bonds is 2. The summed E-state index contributed by atoms with van der Waals surface area (Å²) in [5.74, 6) is 0. The van der Waals surface area contributed by atoms with Crippen molar-refractivity contribution in [1.29, 1.82) is 0 Å². The molecule has 0 bridgehead atoms. The van der Waals surface area contributed by atoms with Gasteiger partial charge in [0.1, 0.15) is 0 Å². The van der Waals surface area contributed by atoms with E-state index in [0.29, 0.717) is 0 Å². The highest BCUT2D eigenvalue weighted by Gasteiger charge is 2.00. The molecule has 8 heteroatoms.